The van der Waals surface area contributed by atoms with E-state index in [2.05, 4.69) is 21.1 Å². The first kappa shape index (κ1) is 16.5. The molecule has 0 saturated carbocycles. The zero-order valence-electron chi connectivity index (χ0n) is 12.8. The Balaban J connectivity index is 1.86. The Morgan fingerprint density at radius 2 is 1.95 bits per heavy atom. The maximum atomic E-state index is 12.1. The van der Waals surface area contributed by atoms with Crippen molar-refractivity contribution in [2.75, 3.05) is 13.2 Å². The van der Waals surface area contributed by atoms with E-state index in [0.717, 1.165) is 10.2 Å². The van der Waals surface area contributed by atoms with Gasteiger partial charge in [0.2, 0.25) is 0 Å². The Bertz CT molecular complexity index is 634. The molecule has 1 aromatic heterocycles. The molecule has 118 valence electrons. The van der Waals surface area contributed by atoms with Crippen molar-refractivity contribution < 1.29 is 18.8 Å². The third kappa shape index (κ3) is 4.10. The minimum absolute atomic E-state index is 0.0720. The summed E-state index contributed by atoms with van der Waals surface area (Å²) in [6.45, 7) is 6.05. The Morgan fingerprint density at radius 3 is 2.59 bits per heavy atom. The van der Waals surface area contributed by atoms with Crippen LogP contribution in [0.25, 0.3) is 0 Å². The smallest absolute Gasteiger partial charge is 0.343 e. The Morgan fingerprint density at radius 1 is 1.27 bits per heavy atom. The second kappa shape index (κ2) is 7.45. The Labute approximate surface area is 137 Å². The number of hydrogen-bond donors (Lipinski definition) is 0. The SMILES string of the molecule is Cc1noc(C(C)C)c1C(=O)OCCOc1ccc(Br)cc1. The lowest BCUT2D eigenvalue weighted by Crippen LogP contribution is -2.14. The van der Waals surface area contributed by atoms with E-state index in [1.165, 1.54) is 0 Å². The maximum Gasteiger partial charge on any atom is 0.343 e. The van der Waals surface area contributed by atoms with Crippen LogP contribution in [0.15, 0.2) is 33.3 Å². The molecule has 0 radical (unpaired) electrons. The average molecular weight is 368 g/mol. The molecule has 2 aromatic rings. The molecule has 0 saturated heterocycles. The van der Waals surface area contributed by atoms with Gasteiger partial charge in [0, 0.05) is 10.4 Å². The van der Waals surface area contributed by atoms with Crippen molar-refractivity contribution >= 4 is 21.9 Å². The third-order valence-electron chi connectivity index (χ3n) is 3.02. The molecule has 0 amide bonds. The zero-order chi connectivity index (χ0) is 16.1. The van der Waals surface area contributed by atoms with Crippen LogP contribution in [0.4, 0.5) is 0 Å². The van der Waals surface area contributed by atoms with Crippen LogP contribution in [0.1, 0.15) is 41.6 Å². The highest BCUT2D eigenvalue weighted by molar-refractivity contribution is 9.10. The van der Waals surface area contributed by atoms with E-state index >= 15 is 0 Å². The number of carbonyl (C=O) groups is 1. The molecule has 22 heavy (non-hydrogen) atoms. The topological polar surface area (TPSA) is 61.6 Å². The van der Waals surface area contributed by atoms with Crippen LogP contribution >= 0.6 is 15.9 Å². The van der Waals surface area contributed by atoms with Gasteiger partial charge in [0.05, 0.1) is 5.69 Å². The Hall–Kier alpha value is -1.82. The first-order valence-corrected chi connectivity index (χ1v) is 7.80. The van der Waals surface area contributed by atoms with E-state index in [0.29, 0.717) is 17.0 Å². The van der Waals surface area contributed by atoms with Gasteiger partial charge in [0.15, 0.2) is 5.76 Å². The highest BCUT2D eigenvalue weighted by Crippen LogP contribution is 2.23. The molecular formula is C16H18BrNO4. The van der Waals surface area contributed by atoms with Crippen molar-refractivity contribution in [3.8, 4) is 5.75 Å². The van der Waals surface area contributed by atoms with Crippen molar-refractivity contribution in [3.05, 3.63) is 45.8 Å². The van der Waals surface area contributed by atoms with Gasteiger partial charge in [0.25, 0.3) is 0 Å². The number of aromatic nitrogens is 1. The molecule has 0 aliphatic rings. The highest BCUT2D eigenvalue weighted by Gasteiger charge is 2.23. The predicted molar refractivity (Wildman–Crippen MR) is 85.2 cm³/mol. The van der Waals surface area contributed by atoms with Gasteiger partial charge in [-0.3, -0.25) is 0 Å². The fourth-order valence-corrected chi connectivity index (χ4v) is 2.19. The molecule has 5 nitrogen and oxygen atoms in total. The van der Waals surface area contributed by atoms with Gasteiger partial charge in [-0.2, -0.15) is 0 Å². The quantitative estimate of drug-likeness (QED) is 0.567. The van der Waals surface area contributed by atoms with Crippen LogP contribution in [-0.4, -0.2) is 24.3 Å². The van der Waals surface area contributed by atoms with Crippen molar-refractivity contribution in [1.82, 2.24) is 5.16 Å². The van der Waals surface area contributed by atoms with Crippen LogP contribution in [0.5, 0.6) is 5.75 Å². The van der Waals surface area contributed by atoms with E-state index in [1.54, 1.807) is 6.92 Å². The first-order valence-electron chi connectivity index (χ1n) is 7.00. The lowest BCUT2D eigenvalue weighted by atomic mass is 10.1. The van der Waals surface area contributed by atoms with E-state index in [1.807, 2.05) is 38.1 Å². The second-order valence-corrected chi connectivity index (χ2v) is 6.02. The predicted octanol–water partition coefficient (Wildman–Crippen LogP) is 4.10. The van der Waals surface area contributed by atoms with Gasteiger partial charge < -0.3 is 14.0 Å². The van der Waals surface area contributed by atoms with Crippen molar-refractivity contribution in [2.45, 2.75) is 26.7 Å². The number of halogens is 1. The van der Waals surface area contributed by atoms with E-state index in [9.17, 15) is 4.79 Å². The lowest BCUT2D eigenvalue weighted by molar-refractivity contribution is 0.0446. The monoisotopic (exact) mass is 367 g/mol. The maximum absolute atomic E-state index is 12.1. The van der Waals surface area contributed by atoms with Gasteiger partial charge in [0.1, 0.15) is 24.5 Å². The summed E-state index contributed by atoms with van der Waals surface area (Å²) in [6.07, 6.45) is 0. The molecule has 1 aromatic carbocycles. The number of hydrogen-bond acceptors (Lipinski definition) is 5. The van der Waals surface area contributed by atoms with Gasteiger partial charge in [-0.15, -0.1) is 0 Å². The third-order valence-corrected chi connectivity index (χ3v) is 3.55. The number of ether oxygens (including phenoxy) is 2. The van der Waals surface area contributed by atoms with Gasteiger partial charge in [-0.25, -0.2) is 4.79 Å². The van der Waals surface area contributed by atoms with Crippen LogP contribution in [0.2, 0.25) is 0 Å². The molecule has 0 spiro atoms. The molecule has 0 aliphatic heterocycles. The normalized spacial score (nSPS) is 10.8. The Kier molecular flexibility index (Phi) is 5.60. The lowest BCUT2D eigenvalue weighted by Gasteiger charge is -2.08. The average Bonchev–Trinajstić information content (AvgIpc) is 2.87. The van der Waals surface area contributed by atoms with Crippen LogP contribution in [-0.2, 0) is 4.74 Å². The summed E-state index contributed by atoms with van der Waals surface area (Å²) in [4.78, 5) is 12.1. The highest BCUT2D eigenvalue weighted by atomic mass is 79.9. The van der Waals surface area contributed by atoms with Crippen molar-refractivity contribution in [1.29, 1.82) is 0 Å². The number of carbonyl (C=O) groups excluding carboxylic acids is 1. The summed E-state index contributed by atoms with van der Waals surface area (Å²) in [5, 5.41) is 3.83. The fraction of sp³-hybridized carbons (Fsp3) is 0.375. The molecule has 0 atom stereocenters. The summed E-state index contributed by atoms with van der Waals surface area (Å²) in [7, 11) is 0. The molecule has 6 heteroatoms. The standard InChI is InChI=1S/C16H18BrNO4/c1-10(2)15-14(11(3)18-22-15)16(19)21-9-8-20-13-6-4-12(17)5-7-13/h4-7,10H,8-9H2,1-3H3. The number of aryl methyl sites for hydroxylation is 1. The van der Waals surface area contributed by atoms with Gasteiger partial charge >= 0.3 is 5.97 Å². The summed E-state index contributed by atoms with van der Waals surface area (Å²) >= 11 is 3.35. The minimum Gasteiger partial charge on any atom is -0.490 e. The molecule has 0 fully saturated rings. The summed E-state index contributed by atoms with van der Waals surface area (Å²) in [5.41, 5.74) is 0.959. The molecule has 0 bridgehead atoms. The van der Waals surface area contributed by atoms with Crippen molar-refractivity contribution in [2.24, 2.45) is 0 Å². The molecule has 2 rings (SSSR count). The largest absolute Gasteiger partial charge is 0.490 e. The summed E-state index contributed by atoms with van der Waals surface area (Å²) in [6, 6.07) is 7.45. The zero-order valence-corrected chi connectivity index (χ0v) is 14.3. The molecule has 1 heterocycles. The first-order chi connectivity index (χ1) is 10.5. The minimum atomic E-state index is -0.429. The molecule has 0 aliphatic carbocycles. The summed E-state index contributed by atoms with van der Waals surface area (Å²) < 4.78 is 16.9. The number of rotatable bonds is 6. The van der Waals surface area contributed by atoms with E-state index in [-0.39, 0.29) is 19.1 Å². The fourth-order valence-electron chi connectivity index (χ4n) is 1.93. The van der Waals surface area contributed by atoms with E-state index < -0.39 is 5.97 Å². The number of esters is 1. The second-order valence-electron chi connectivity index (χ2n) is 5.10. The van der Waals surface area contributed by atoms with Gasteiger partial charge in [-0.05, 0) is 31.2 Å². The van der Waals surface area contributed by atoms with Crippen LogP contribution in [0.3, 0.4) is 0 Å². The number of nitrogens with zero attached hydrogens (tertiary/aromatic N) is 1. The molecule has 0 N–H and O–H groups in total. The van der Waals surface area contributed by atoms with Crippen LogP contribution in [0, 0.1) is 6.92 Å². The van der Waals surface area contributed by atoms with E-state index in [4.69, 9.17) is 14.0 Å². The summed E-state index contributed by atoms with van der Waals surface area (Å²) in [5.74, 6) is 0.921. The molecule has 0 unspecified atom stereocenters. The van der Waals surface area contributed by atoms with Crippen molar-refractivity contribution in [3.63, 3.8) is 0 Å². The van der Waals surface area contributed by atoms with Crippen LogP contribution < -0.4 is 4.74 Å². The molecular weight excluding hydrogens is 350 g/mol. The van der Waals surface area contributed by atoms with Gasteiger partial charge in [-0.1, -0.05) is 34.9 Å². The number of benzene rings is 1.